The number of hydrogen-bond donors (Lipinski definition) is 1. The highest BCUT2D eigenvalue weighted by Crippen LogP contribution is 2.38. The number of ether oxygens (including phenoxy) is 1. The molecule has 0 radical (unpaired) electrons. The minimum Gasteiger partial charge on any atom is -0.496 e. The highest BCUT2D eigenvalue weighted by molar-refractivity contribution is 7.27. The second-order valence-corrected chi connectivity index (χ2v) is 7.04. The van der Waals surface area contributed by atoms with E-state index >= 15 is 0 Å². The smallest absolute Gasteiger partial charge is 0.124 e. The van der Waals surface area contributed by atoms with Gasteiger partial charge < -0.3 is 10.5 Å². The Morgan fingerprint density at radius 1 is 1.15 bits per heavy atom. The second-order valence-electron chi connectivity index (χ2n) is 4.97. The van der Waals surface area contributed by atoms with Gasteiger partial charge in [0.25, 0.3) is 0 Å². The van der Waals surface area contributed by atoms with Gasteiger partial charge in [-0.25, -0.2) is 0 Å². The van der Waals surface area contributed by atoms with Crippen molar-refractivity contribution in [3.05, 3.63) is 51.2 Å². The van der Waals surface area contributed by atoms with Gasteiger partial charge in [0.05, 0.1) is 13.2 Å². The van der Waals surface area contributed by atoms with Crippen LogP contribution in [0.15, 0.2) is 29.6 Å². The Hall–Kier alpha value is -1.36. The quantitative estimate of drug-likeness (QED) is 0.765. The fraction of sp³-hybridized carbons (Fsp3) is 0.250. The van der Waals surface area contributed by atoms with Crippen LogP contribution >= 0.6 is 22.7 Å². The van der Waals surface area contributed by atoms with Crippen molar-refractivity contribution in [3.63, 3.8) is 0 Å². The van der Waals surface area contributed by atoms with E-state index in [-0.39, 0.29) is 6.04 Å². The molecule has 3 aromatic rings. The first-order valence-electron chi connectivity index (χ1n) is 6.48. The van der Waals surface area contributed by atoms with Gasteiger partial charge in [-0.15, -0.1) is 22.7 Å². The predicted molar refractivity (Wildman–Crippen MR) is 88.2 cm³/mol. The maximum absolute atomic E-state index is 6.50. The molecule has 0 saturated carbocycles. The third-order valence-electron chi connectivity index (χ3n) is 3.49. The molecule has 1 unspecified atom stereocenters. The van der Waals surface area contributed by atoms with Crippen molar-refractivity contribution in [1.82, 2.24) is 0 Å². The number of fused-ring (bicyclic) bond motifs is 1. The summed E-state index contributed by atoms with van der Waals surface area (Å²) in [5, 5.41) is 2.12. The molecule has 0 aliphatic rings. The predicted octanol–water partition coefficient (Wildman–Crippen LogP) is 4.64. The number of rotatable bonds is 3. The molecule has 2 nitrogen and oxygen atoms in total. The van der Waals surface area contributed by atoms with E-state index in [0.717, 1.165) is 11.3 Å². The number of nitrogens with two attached hydrogens (primary N) is 1. The molecule has 3 rings (SSSR count). The summed E-state index contributed by atoms with van der Waals surface area (Å²) >= 11 is 3.53. The molecule has 1 aromatic carbocycles. The molecular weight excluding hydrogens is 286 g/mol. The van der Waals surface area contributed by atoms with Crippen molar-refractivity contribution in [3.8, 4) is 5.75 Å². The Morgan fingerprint density at radius 2 is 1.95 bits per heavy atom. The maximum Gasteiger partial charge on any atom is 0.124 e. The van der Waals surface area contributed by atoms with Crippen molar-refractivity contribution in [2.75, 3.05) is 7.11 Å². The number of aryl methyl sites for hydroxylation is 2. The van der Waals surface area contributed by atoms with Crippen LogP contribution in [0.25, 0.3) is 9.40 Å². The van der Waals surface area contributed by atoms with Crippen LogP contribution in [0.2, 0.25) is 0 Å². The van der Waals surface area contributed by atoms with Gasteiger partial charge in [0.2, 0.25) is 0 Å². The van der Waals surface area contributed by atoms with E-state index < -0.39 is 0 Å². The Balaban J connectivity index is 2.10. The average molecular weight is 303 g/mol. The number of benzene rings is 1. The molecule has 0 aliphatic carbocycles. The first-order valence-corrected chi connectivity index (χ1v) is 8.17. The molecule has 0 fully saturated rings. The van der Waals surface area contributed by atoms with Crippen LogP contribution in [-0.4, -0.2) is 7.11 Å². The van der Waals surface area contributed by atoms with E-state index in [0.29, 0.717) is 0 Å². The van der Waals surface area contributed by atoms with Gasteiger partial charge in [-0.3, -0.25) is 0 Å². The molecule has 0 saturated heterocycles. The highest BCUT2D eigenvalue weighted by Gasteiger charge is 2.19. The van der Waals surface area contributed by atoms with Crippen molar-refractivity contribution >= 4 is 32.1 Å². The van der Waals surface area contributed by atoms with Crippen LogP contribution < -0.4 is 10.5 Å². The lowest BCUT2D eigenvalue weighted by atomic mass is 9.97. The van der Waals surface area contributed by atoms with Gasteiger partial charge in [-0.1, -0.05) is 6.07 Å². The van der Waals surface area contributed by atoms with Crippen LogP contribution in [0.5, 0.6) is 5.75 Å². The monoisotopic (exact) mass is 303 g/mol. The van der Waals surface area contributed by atoms with Crippen molar-refractivity contribution < 1.29 is 4.74 Å². The summed E-state index contributed by atoms with van der Waals surface area (Å²) in [7, 11) is 1.71. The number of hydrogen-bond acceptors (Lipinski definition) is 4. The summed E-state index contributed by atoms with van der Waals surface area (Å²) < 4.78 is 8.15. The van der Waals surface area contributed by atoms with Crippen LogP contribution in [0.3, 0.4) is 0 Å². The lowest BCUT2D eigenvalue weighted by molar-refractivity contribution is 0.407. The summed E-state index contributed by atoms with van der Waals surface area (Å²) in [6.45, 7) is 4.17. The lowest BCUT2D eigenvalue weighted by Gasteiger charge is -2.18. The molecule has 1 atom stereocenters. The molecule has 0 amide bonds. The standard InChI is InChI=1S/C16H17NOS2/c1-9-6-10(2)15(11(7-9)18-3)16(17)14-8-13-12(20-14)4-5-19-13/h4-8,16H,17H2,1-3H3. The molecule has 2 N–H and O–H groups in total. The zero-order chi connectivity index (χ0) is 14.3. The van der Waals surface area contributed by atoms with Gasteiger partial charge in [-0.05, 0) is 48.6 Å². The minimum atomic E-state index is -0.129. The largest absolute Gasteiger partial charge is 0.496 e. The Labute approximate surface area is 126 Å². The summed E-state index contributed by atoms with van der Waals surface area (Å²) in [6.07, 6.45) is 0. The van der Waals surface area contributed by atoms with E-state index in [1.165, 1.54) is 25.4 Å². The topological polar surface area (TPSA) is 35.2 Å². The molecule has 2 aromatic heterocycles. The van der Waals surface area contributed by atoms with E-state index in [4.69, 9.17) is 10.5 Å². The fourth-order valence-electron chi connectivity index (χ4n) is 2.59. The highest BCUT2D eigenvalue weighted by atomic mass is 32.1. The zero-order valence-corrected chi connectivity index (χ0v) is 13.4. The molecule has 0 spiro atoms. The molecule has 4 heteroatoms. The first-order chi connectivity index (χ1) is 9.60. The van der Waals surface area contributed by atoms with Crippen molar-refractivity contribution in [2.45, 2.75) is 19.9 Å². The van der Waals surface area contributed by atoms with E-state index in [1.807, 2.05) is 0 Å². The summed E-state index contributed by atoms with van der Waals surface area (Å²) in [4.78, 5) is 1.19. The van der Waals surface area contributed by atoms with Gasteiger partial charge in [0.15, 0.2) is 0 Å². The molecule has 0 bridgehead atoms. The first kappa shape index (κ1) is 13.6. The van der Waals surface area contributed by atoms with Crippen LogP contribution in [0, 0.1) is 13.8 Å². The van der Waals surface area contributed by atoms with Gasteiger partial charge >= 0.3 is 0 Å². The number of thiophene rings is 2. The van der Waals surface area contributed by atoms with E-state index in [2.05, 4.69) is 43.5 Å². The van der Waals surface area contributed by atoms with Crippen molar-refractivity contribution in [2.24, 2.45) is 5.73 Å². The average Bonchev–Trinajstić information content (AvgIpc) is 2.97. The normalized spacial score (nSPS) is 12.8. The summed E-state index contributed by atoms with van der Waals surface area (Å²) in [6, 6.07) is 8.44. The Bertz CT molecular complexity index is 729. The second kappa shape index (κ2) is 5.20. The number of methoxy groups -OCH3 is 1. The van der Waals surface area contributed by atoms with Gasteiger partial charge in [-0.2, -0.15) is 0 Å². The fourth-order valence-corrected chi connectivity index (χ4v) is 4.72. The lowest BCUT2D eigenvalue weighted by Crippen LogP contribution is -2.13. The van der Waals surface area contributed by atoms with E-state index in [9.17, 15) is 0 Å². The molecule has 0 aliphatic heterocycles. The van der Waals surface area contributed by atoms with Crippen LogP contribution in [-0.2, 0) is 0 Å². The molecule has 104 valence electrons. The molecule has 2 heterocycles. The summed E-state index contributed by atoms with van der Waals surface area (Å²) in [5.41, 5.74) is 9.97. The van der Waals surface area contributed by atoms with Crippen LogP contribution in [0.4, 0.5) is 0 Å². The van der Waals surface area contributed by atoms with Gasteiger partial charge in [0.1, 0.15) is 5.75 Å². The van der Waals surface area contributed by atoms with E-state index in [1.54, 1.807) is 29.8 Å². The molecule has 20 heavy (non-hydrogen) atoms. The third-order valence-corrected chi connectivity index (χ3v) is 5.67. The van der Waals surface area contributed by atoms with Crippen molar-refractivity contribution in [1.29, 1.82) is 0 Å². The third kappa shape index (κ3) is 2.24. The summed E-state index contributed by atoms with van der Waals surface area (Å²) in [5.74, 6) is 0.881. The Kier molecular flexibility index (Phi) is 3.54. The Morgan fingerprint density at radius 3 is 2.65 bits per heavy atom. The maximum atomic E-state index is 6.50. The minimum absolute atomic E-state index is 0.129. The molecular formula is C16H17NOS2. The van der Waals surface area contributed by atoms with Gasteiger partial charge in [0, 0.05) is 19.8 Å². The van der Waals surface area contributed by atoms with Crippen LogP contribution in [0.1, 0.15) is 27.6 Å². The SMILES string of the molecule is COc1cc(C)cc(C)c1C(N)c1cc2sccc2s1. The zero-order valence-electron chi connectivity index (χ0n) is 11.8.